The Bertz CT molecular complexity index is 999. The van der Waals surface area contributed by atoms with E-state index in [9.17, 15) is 9.18 Å². The van der Waals surface area contributed by atoms with Gasteiger partial charge in [-0.2, -0.15) is 0 Å². The third-order valence-electron chi connectivity index (χ3n) is 5.42. The molecular formula is C22H26FN5O2S. The lowest BCUT2D eigenvalue weighted by Gasteiger charge is -2.31. The normalized spacial score (nSPS) is 14.7. The second-order valence-corrected chi connectivity index (χ2v) is 8.72. The summed E-state index contributed by atoms with van der Waals surface area (Å²) in [4.78, 5) is 14.6. The number of piperidine rings is 1. The average Bonchev–Trinajstić information content (AvgIpc) is 3.43. The maximum atomic E-state index is 13.7. The number of nitrogens with one attached hydrogen (secondary N) is 1. The summed E-state index contributed by atoms with van der Waals surface area (Å²) in [5.41, 5.74) is 0.462. The van der Waals surface area contributed by atoms with Crippen molar-refractivity contribution >= 4 is 23.6 Å². The molecule has 0 aliphatic carbocycles. The number of carbonyl (C=O) groups excluding carboxylic acids is 1. The molecule has 1 fully saturated rings. The van der Waals surface area contributed by atoms with Crippen molar-refractivity contribution in [1.82, 2.24) is 20.1 Å². The second kappa shape index (κ2) is 10.00. The molecule has 1 aliphatic rings. The highest BCUT2D eigenvalue weighted by Crippen LogP contribution is 2.27. The molecule has 0 saturated carbocycles. The number of benzene rings is 1. The van der Waals surface area contributed by atoms with Crippen molar-refractivity contribution in [2.24, 2.45) is 5.92 Å². The maximum absolute atomic E-state index is 13.7. The fraction of sp³-hybridized carbons (Fsp3) is 0.409. The first-order valence-corrected chi connectivity index (χ1v) is 11.4. The summed E-state index contributed by atoms with van der Waals surface area (Å²) in [6.07, 6.45) is 3.88. The summed E-state index contributed by atoms with van der Waals surface area (Å²) in [6, 6.07) is 10.2. The summed E-state index contributed by atoms with van der Waals surface area (Å²) in [7, 11) is 0. The number of hydrogen-bond acceptors (Lipinski definition) is 6. The van der Waals surface area contributed by atoms with Crippen LogP contribution >= 0.6 is 11.8 Å². The van der Waals surface area contributed by atoms with E-state index in [-0.39, 0.29) is 24.0 Å². The van der Waals surface area contributed by atoms with E-state index >= 15 is 0 Å². The SMILES string of the molecule is CC1CCN(c2nnc(SCC(=O)NCc3ccccc3F)n2Cc2ccco2)CC1. The molecule has 2 aromatic heterocycles. The molecule has 3 heterocycles. The van der Waals surface area contributed by atoms with Crippen LogP contribution in [-0.4, -0.2) is 39.5 Å². The standard InChI is InChI=1S/C22H26FN5O2S/c1-16-8-10-27(11-9-16)21-25-26-22(28(21)14-18-6-4-12-30-18)31-15-20(29)24-13-17-5-2-3-7-19(17)23/h2-7,12,16H,8-11,13-15H2,1H3,(H,24,29). The van der Waals surface area contributed by atoms with Gasteiger partial charge < -0.3 is 14.6 Å². The molecule has 1 aliphatic heterocycles. The summed E-state index contributed by atoms with van der Waals surface area (Å²) in [6.45, 7) is 4.80. The highest BCUT2D eigenvalue weighted by atomic mass is 32.2. The Morgan fingerprint density at radius 2 is 2.03 bits per heavy atom. The first-order chi connectivity index (χ1) is 15.1. The lowest BCUT2D eigenvalue weighted by Crippen LogP contribution is -2.35. The number of hydrogen-bond donors (Lipinski definition) is 1. The van der Waals surface area contributed by atoms with Gasteiger partial charge in [-0.15, -0.1) is 10.2 Å². The van der Waals surface area contributed by atoms with E-state index < -0.39 is 0 Å². The number of carbonyl (C=O) groups is 1. The molecule has 164 valence electrons. The number of anilines is 1. The van der Waals surface area contributed by atoms with Crippen molar-refractivity contribution in [2.75, 3.05) is 23.7 Å². The molecular weight excluding hydrogens is 417 g/mol. The van der Waals surface area contributed by atoms with Crippen molar-refractivity contribution in [3.63, 3.8) is 0 Å². The molecule has 0 spiro atoms. The second-order valence-electron chi connectivity index (χ2n) is 7.77. The van der Waals surface area contributed by atoms with Gasteiger partial charge in [0, 0.05) is 25.2 Å². The van der Waals surface area contributed by atoms with Crippen LogP contribution in [0.5, 0.6) is 0 Å². The fourth-order valence-corrected chi connectivity index (χ4v) is 4.31. The number of halogens is 1. The lowest BCUT2D eigenvalue weighted by molar-refractivity contribution is -0.118. The van der Waals surface area contributed by atoms with Gasteiger partial charge in [0.05, 0.1) is 18.6 Å². The summed E-state index contributed by atoms with van der Waals surface area (Å²) < 4.78 is 21.3. The number of amides is 1. The van der Waals surface area contributed by atoms with Crippen molar-refractivity contribution in [1.29, 1.82) is 0 Å². The highest BCUT2D eigenvalue weighted by Gasteiger charge is 2.23. The van der Waals surface area contributed by atoms with Crippen LogP contribution in [0.15, 0.2) is 52.2 Å². The van der Waals surface area contributed by atoms with Crippen LogP contribution in [0.3, 0.4) is 0 Å². The van der Waals surface area contributed by atoms with Gasteiger partial charge in [0.1, 0.15) is 11.6 Å². The number of aromatic nitrogens is 3. The quantitative estimate of drug-likeness (QED) is 0.535. The molecule has 0 unspecified atom stereocenters. The summed E-state index contributed by atoms with van der Waals surface area (Å²) in [5.74, 6) is 1.98. The average molecular weight is 444 g/mol. The molecule has 0 bridgehead atoms. The van der Waals surface area contributed by atoms with Gasteiger partial charge in [-0.25, -0.2) is 4.39 Å². The van der Waals surface area contributed by atoms with Crippen molar-refractivity contribution < 1.29 is 13.6 Å². The van der Waals surface area contributed by atoms with Crippen LogP contribution in [0.25, 0.3) is 0 Å². The zero-order valence-corrected chi connectivity index (χ0v) is 18.3. The number of thioether (sulfide) groups is 1. The predicted octanol–water partition coefficient (Wildman–Crippen LogP) is 3.70. The first kappa shape index (κ1) is 21.4. The minimum Gasteiger partial charge on any atom is -0.467 e. The van der Waals surface area contributed by atoms with E-state index in [4.69, 9.17) is 4.42 Å². The number of rotatable bonds is 8. The molecule has 7 nitrogen and oxygen atoms in total. The van der Waals surface area contributed by atoms with Crippen LogP contribution in [-0.2, 0) is 17.9 Å². The van der Waals surface area contributed by atoms with E-state index in [2.05, 4.69) is 27.3 Å². The number of furan rings is 1. The monoisotopic (exact) mass is 443 g/mol. The molecule has 4 rings (SSSR count). The molecule has 3 aromatic rings. The van der Waals surface area contributed by atoms with Gasteiger partial charge in [-0.05, 0) is 37.0 Å². The molecule has 0 atom stereocenters. The Hall–Kier alpha value is -2.81. The molecule has 1 saturated heterocycles. The largest absolute Gasteiger partial charge is 0.467 e. The van der Waals surface area contributed by atoms with Gasteiger partial charge >= 0.3 is 0 Å². The van der Waals surface area contributed by atoms with Crippen molar-refractivity contribution in [3.8, 4) is 0 Å². The molecule has 1 aromatic carbocycles. The van der Waals surface area contributed by atoms with Crippen molar-refractivity contribution in [2.45, 2.75) is 38.0 Å². The molecule has 1 amide bonds. The van der Waals surface area contributed by atoms with Gasteiger partial charge in [-0.1, -0.05) is 36.9 Å². The molecule has 9 heteroatoms. The first-order valence-electron chi connectivity index (χ1n) is 10.4. The van der Waals surface area contributed by atoms with Crippen molar-refractivity contribution in [3.05, 3.63) is 59.8 Å². The minimum absolute atomic E-state index is 0.155. The Kier molecular flexibility index (Phi) is 6.91. The lowest BCUT2D eigenvalue weighted by atomic mass is 10.00. The zero-order chi connectivity index (χ0) is 21.6. The molecule has 1 N–H and O–H groups in total. The molecule has 0 radical (unpaired) electrons. The van der Waals surface area contributed by atoms with Gasteiger partial charge in [-0.3, -0.25) is 9.36 Å². The van der Waals surface area contributed by atoms with Gasteiger partial charge in [0.2, 0.25) is 11.9 Å². The third kappa shape index (κ3) is 5.46. The predicted molar refractivity (Wildman–Crippen MR) is 117 cm³/mol. The van der Waals surface area contributed by atoms with Crippen LogP contribution in [0.2, 0.25) is 0 Å². The van der Waals surface area contributed by atoms with E-state index in [1.165, 1.54) is 17.8 Å². The van der Waals surface area contributed by atoms with Gasteiger partial charge in [0.15, 0.2) is 5.16 Å². The van der Waals surface area contributed by atoms with E-state index in [1.54, 1.807) is 24.5 Å². The third-order valence-corrected chi connectivity index (χ3v) is 6.39. The van der Waals surface area contributed by atoms with E-state index in [0.717, 1.165) is 37.6 Å². The fourth-order valence-electron chi connectivity index (χ4n) is 3.54. The van der Waals surface area contributed by atoms with Gasteiger partial charge in [0.25, 0.3) is 0 Å². The minimum atomic E-state index is -0.325. The molecule has 31 heavy (non-hydrogen) atoms. The van der Waals surface area contributed by atoms with E-state index in [0.29, 0.717) is 23.2 Å². The Balaban J connectivity index is 1.42. The summed E-state index contributed by atoms with van der Waals surface area (Å²) >= 11 is 1.32. The van der Waals surface area contributed by atoms with E-state index in [1.807, 2.05) is 16.7 Å². The summed E-state index contributed by atoms with van der Waals surface area (Å²) in [5, 5.41) is 12.2. The highest BCUT2D eigenvalue weighted by molar-refractivity contribution is 7.99. The van der Waals surface area contributed by atoms with Crippen LogP contribution in [0, 0.1) is 11.7 Å². The Morgan fingerprint density at radius 3 is 2.77 bits per heavy atom. The number of nitrogens with zero attached hydrogens (tertiary/aromatic N) is 4. The Labute approximate surface area is 185 Å². The van der Waals surface area contributed by atoms with Crippen LogP contribution in [0.1, 0.15) is 31.1 Å². The maximum Gasteiger partial charge on any atom is 0.230 e. The van der Waals surface area contributed by atoms with Crippen LogP contribution < -0.4 is 10.2 Å². The smallest absolute Gasteiger partial charge is 0.230 e. The van der Waals surface area contributed by atoms with Crippen LogP contribution in [0.4, 0.5) is 10.3 Å². The topological polar surface area (TPSA) is 76.2 Å². The Morgan fingerprint density at radius 1 is 1.23 bits per heavy atom. The zero-order valence-electron chi connectivity index (χ0n) is 17.5.